The molecule has 0 fully saturated rings. The summed E-state index contributed by atoms with van der Waals surface area (Å²) in [5.74, 6) is 1.94. The van der Waals surface area contributed by atoms with Crippen molar-refractivity contribution in [3.63, 3.8) is 0 Å². The topological polar surface area (TPSA) is 51.6 Å². The number of pyridine rings is 1. The van der Waals surface area contributed by atoms with Crippen LogP contribution in [0.5, 0.6) is 0 Å². The Kier molecular flexibility index (Phi) is 7.45. The molecule has 0 radical (unpaired) electrons. The fraction of sp³-hybridized carbons (Fsp3) is 0. The van der Waals surface area contributed by atoms with Gasteiger partial charge in [-0.1, -0.05) is 164 Å². The van der Waals surface area contributed by atoms with E-state index in [0.717, 1.165) is 61.1 Å². The van der Waals surface area contributed by atoms with Gasteiger partial charge in [-0.15, -0.1) is 0 Å². The molecule has 0 unspecified atom stereocenters. The molecule has 0 aliphatic rings. The second kappa shape index (κ2) is 12.7. The monoisotopic (exact) mass is 638 g/mol. The molecule has 234 valence electrons. The van der Waals surface area contributed by atoms with Crippen molar-refractivity contribution < 1.29 is 0 Å². The molecule has 0 aliphatic carbocycles. The highest BCUT2D eigenvalue weighted by atomic mass is 15.0. The van der Waals surface area contributed by atoms with Crippen molar-refractivity contribution in [2.45, 2.75) is 0 Å². The van der Waals surface area contributed by atoms with Crippen LogP contribution < -0.4 is 0 Å². The maximum absolute atomic E-state index is 5.14. The molecule has 0 aliphatic heterocycles. The molecule has 0 N–H and O–H groups in total. The Hall–Kier alpha value is -6.78. The average molecular weight is 639 g/mol. The first-order valence-electron chi connectivity index (χ1n) is 16.7. The Labute approximate surface area is 290 Å². The zero-order valence-corrected chi connectivity index (χ0v) is 27.1. The molecule has 50 heavy (non-hydrogen) atoms. The number of fused-ring (bicyclic) bond motifs is 3. The van der Waals surface area contributed by atoms with Crippen LogP contribution in [0.25, 0.3) is 89.4 Å². The van der Waals surface area contributed by atoms with E-state index >= 15 is 0 Å². The van der Waals surface area contributed by atoms with Crippen LogP contribution in [-0.2, 0) is 0 Å². The number of aromatic nitrogens is 4. The van der Waals surface area contributed by atoms with Crippen LogP contribution in [0.15, 0.2) is 182 Å². The van der Waals surface area contributed by atoms with Gasteiger partial charge in [0.05, 0.1) is 11.2 Å². The zero-order chi connectivity index (χ0) is 33.3. The minimum atomic E-state index is 0.640. The van der Waals surface area contributed by atoms with Crippen molar-refractivity contribution >= 4 is 21.7 Å². The number of nitrogens with zero attached hydrogens (tertiary/aromatic N) is 4. The third-order valence-corrected chi connectivity index (χ3v) is 9.12. The third kappa shape index (κ3) is 5.59. The standard InChI is InChI=1S/C46H30N4/c1-4-14-33(15-5-1)42-30-40(43-39-22-11-10-13-32(39)27-28-41(43)47-42)38-21-12-20-37(29-38)31-23-25-36(26-24-31)46-49-44(34-16-6-2-7-17-34)48-45(50-46)35-18-8-3-9-19-35/h1-30H. The lowest BCUT2D eigenvalue weighted by molar-refractivity contribution is 1.07. The van der Waals surface area contributed by atoms with E-state index in [4.69, 9.17) is 19.9 Å². The van der Waals surface area contributed by atoms with E-state index in [1.54, 1.807) is 0 Å². The Morgan fingerprint density at radius 1 is 0.300 bits per heavy atom. The first kappa shape index (κ1) is 29.4. The van der Waals surface area contributed by atoms with E-state index in [-0.39, 0.29) is 0 Å². The smallest absolute Gasteiger partial charge is 0.164 e. The largest absolute Gasteiger partial charge is 0.248 e. The molecule has 9 aromatic rings. The second-order valence-electron chi connectivity index (χ2n) is 12.3. The lowest BCUT2D eigenvalue weighted by Gasteiger charge is -2.14. The van der Waals surface area contributed by atoms with Crippen LogP contribution in [0, 0.1) is 0 Å². The van der Waals surface area contributed by atoms with Gasteiger partial charge in [-0.2, -0.15) is 0 Å². The summed E-state index contributed by atoms with van der Waals surface area (Å²) in [6.07, 6.45) is 0. The van der Waals surface area contributed by atoms with Crippen molar-refractivity contribution in [1.82, 2.24) is 19.9 Å². The van der Waals surface area contributed by atoms with E-state index in [0.29, 0.717) is 17.5 Å². The van der Waals surface area contributed by atoms with Crippen LogP contribution in [-0.4, -0.2) is 19.9 Å². The predicted octanol–water partition coefficient (Wildman–Crippen LogP) is 11.6. The molecule has 4 heteroatoms. The Balaban J connectivity index is 1.13. The number of hydrogen-bond donors (Lipinski definition) is 0. The Bertz CT molecular complexity index is 2560. The quantitative estimate of drug-likeness (QED) is 0.170. The van der Waals surface area contributed by atoms with Crippen LogP contribution in [0.3, 0.4) is 0 Å². The summed E-state index contributed by atoms with van der Waals surface area (Å²) in [6, 6.07) is 62.9. The van der Waals surface area contributed by atoms with E-state index in [1.807, 2.05) is 66.7 Å². The van der Waals surface area contributed by atoms with Gasteiger partial charge in [0.25, 0.3) is 0 Å². The van der Waals surface area contributed by atoms with E-state index in [2.05, 4.69) is 115 Å². The Morgan fingerprint density at radius 2 is 0.800 bits per heavy atom. The number of rotatable bonds is 6. The molecule has 9 rings (SSSR count). The summed E-state index contributed by atoms with van der Waals surface area (Å²) < 4.78 is 0. The number of benzene rings is 7. The highest BCUT2D eigenvalue weighted by Gasteiger charge is 2.15. The second-order valence-corrected chi connectivity index (χ2v) is 12.3. The fourth-order valence-electron chi connectivity index (χ4n) is 6.61. The highest BCUT2D eigenvalue weighted by molar-refractivity contribution is 6.14. The minimum absolute atomic E-state index is 0.640. The van der Waals surface area contributed by atoms with Gasteiger partial charge in [-0.3, -0.25) is 0 Å². The average Bonchev–Trinajstić information content (AvgIpc) is 3.21. The molecule has 0 bridgehead atoms. The molecule has 0 saturated heterocycles. The Morgan fingerprint density at radius 3 is 1.44 bits per heavy atom. The van der Waals surface area contributed by atoms with Crippen molar-refractivity contribution in [3.8, 4) is 67.7 Å². The van der Waals surface area contributed by atoms with Crippen LogP contribution in [0.2, 0.25) is 0 Å². The van der Waals surface area contributed by atoms with E-state index in [9.17, 15) is 0 Å². The summed E-state index contributed by atoms with van der Waals surface area (Å²) in [5.41, 5.74) is 10.4. The lowest BCUT2D eigenvalue weighted by atomic mass is 9.92. The van der Waals surface area contributed by atoms with Crippen LogP contribution >= 0.6 is 0 Å². The zero-order valence-electron chi connectivity index (χ0n) is 27.1. The lowest BCUT2D eigenvalue weighted by Crippen LogP contribution is -2.00. The number of hydrogen-bond acceptors (Lipinski definition) is 4. The third-order valence-electron chi connectivity index (χ3n) is 9.12. The van der Waals surface area contributed by atoms with Gasteiger partial charge in [0, 0.05) is 27.6 Å². The summed E-state index contributed by atoms with van der Waals surface area (Å²) in [4.78, 5) is 19.8. The van der Waals surface area contributed by atoms with Gasteiger partial charge in [-0.25, -0.2) is 19.9 Å². The first-order valence-corrected chi connectivity index (χ1v) is 16.7. The molecule has 7 aromatic carbocycles. The molecule has 2 heterocycles. The van der Waals surface area contributed by atoms with Gasteiger partial charge in [0.1, 0.15) is 0 Å². The fourth-order valence-corrected chi connectivity index (χ4v) is 6.61. The summed E-state index contributed by atoms with van der Waals surface area (Å²) in [6.45, 7) is 0. The molecule has 2 aromatic heterocycles. The van der Waals surface area contributed by atoms with Crippen LogP contribution in [0.1, 0.15) is 0 Å². The summed E-state index contributed by atoms with van der Waals surface area (Å²) in [7, 11) is 0. The van der Waals surface area contributed by atoms with Gasteiger partial charge >= 0.3 is 0 Å². The molecular weight excluding hydrogens is 609 g/mol. The minimum Gasteiger partial charge on any atom is -0.248 e. The van der Waals surface area contributed by atoms with E-state index < -0.39 is 0 Å². The van der Waals surface area contributed by atoms with Crippen LogP contribution in [0.4, 0.5) is 0 Å². The van der Waals surface area contributed by atoms with Gasteiger partial charge in [0.15, 0.2) is 17.5 Å². The van der Waals surface area contributed by atoms with Crippen molar-refractivity contribution in [1.29, 1.82) is 0 Å². The molecule has 0 atom stereocenters. The maximum Gasteiger partial charge on any atom is 0.164 e. The van der Waals surface area contributed by atoms with Crippen molar-refractivity contribution in [3.05, 3.63) is 182 Å². The van der Waals surface area contributed by atoms with Crippen molar-refractivity contribution in [2.24, 2.45) is 0 Å². The SMILES string of the molecule is c1ccc(-c2cc(-c3cccc(-c4ccc(-c5nc(-c6ccccc6)nc(-c6ccccc6)n5)cc4)c3)c3c(ccc4ccccc43)n2)cc1. The first-order chi connectivity index (χ1) is 24.8. The van der Waals surface area contributed by atoms with E-state index in [1.165, 1.54) is 10.8 Å². The molecule has 0 amide bonds. The normalized spacial score (nSPS) is 11.2. The highest BCUT2D eigenvalue weighted by Crippen LogP contribution is 2.38. The van der Waals surface area contributed by atoms with Gasteiger partial charge in [0.2, 0.25) is 0 Å². The summed E-state index contributed by atoms with van der Waals surface area (Å²) >= 11 is 0. The van der Waals surface area contributed by atoms with Crippen molar-refractivity contribution in [2.75, 3.05) is 0 Å². The molecular formula is C46H30N4. The summed E-state index contributed by atoms with van der Waals surface area (Å²) in [5, 5.41) is 3.56. The van der Waals surface area contributed by atoms with Gasteiger partial charge < -0.3 is 0 Å². The predicted molar refractivity (Wildman–Crippen MR) is 205 cm³/mol. The maximum atomic E-state index is 5.14. The molecule has 4 nitrogen and oxygen atoms in total. The molecule has 0 spiro atoms. The molecule has 0 saturated carbocycles. The van der Waals surface area contributed by atoms with Gasteiger partial charge in [-0.05, 0) is 51.2 Å².